The van der Waals surface area contributed by atoms with Crippen LogP contribution in [-0.4, -0.2) is 14.1 Å². The molecule has 1 unspecified atom stereocenters. The van der Waals surface area contributed by atoms with E-state index < -0.39 is 0 Å². The van der Waals surface area contributed by atoms with Crippen LogP contribution < -0.4 is 4.90 Å². The summed E-state index contributed by atoms with van der Waals surface area (Å²) < 4.78 is 0. The number of thiophene rings is 1. The summed E-state index contributed by atoms with van der Waals surface area (Å²) in [5.41, 5.74) is 6.91. The monoisotopic (exact) mass is 477 g/mol. The zero-order valence-electron chi connectivity index (χ0n) is 20.9. The standard InChI is InChI=1S/C31H31N3S/c1-31(2)19-24(17-28-12-13-29(35-28)18-25(20-32)21-33)16-26-15-23(9-14-30(26)31)6-5-22-7-10-27(11-8-22)34(3)4/h5-8,10-13,15-18,30H,9,14,19H2,1-4H3/b6-5+,24-17+. The lowest BCUT2D eigenvalue weighted by Gasteiger charge is -2.42. The fourth-order valence-electron chi connectivity index (χ4n) is 5.01. The highest BCUT2D eigenvalue weighted by Gasteiger charge is 2.36. The van der Waals surface area contributed by atoms with Gasteiger partial charge in [0.25, 0.3) is 0 Å². The number of nitrogens with zero attached hydrogens (tertiary/aromatic N) is 3. The smallest absolute Gasteiger partial charge is 0.131 e. The first-order valence-corrected chi connectivity index (χ1v) is 12.8. The molecule has 2 aliphatic carbocycles. The zero-order valence-corrected chi connectivity index (χ0v) is 21.7. The predicted octanol–water partition coefficient (Wildman–Crippen LogP) is 8.03. The van der Waals surface area contributed by atoms with E-state index in [1.165, 1.54) is 34.4 Å². The van der Waals surface area contributed by atoms with Crippen molar-refractivity contribution in [1.29, 1.82) is 10.5 Å². The van der Waals surface area contributed by atoms with E-state index in [4.69, 9.17) is 10.5 Å². The molecule has 0 bridgehead atoms. The summed E-state index contributed by atoms with van der Waals surface area (Å²) in [5, 5.41) is 18.0. The molecule has 4 rings (SSSR count). The first kappa shape index (κ1) is 24.5. The van der Waals surface area contributed by atoms with Gasteiger partial charge in [0.1, 0.15) is 17.7 Å². The second kappa shape index (κ2) is 10.3. The molecule has 2 aliphatic rings. The predicted molar refractivity (Wildman–Crippen MR) is 149 cm³/mol. The second-order valence-corrected chi connectivity index (χ2v) is 11.3. The minimum atomic E-state index is 0.136. The SMILES string of the molecule is CN(C)c1ccc(/C=C/C2=CC3=C/C(=C\c4ccc(C=C(C#N)C#N)s4)CC(C)(C)C3CC2)cc1. The maximum absolute atomic E-state index is 9.01. The molecule has 1 heterocycles. The van der Waals surface area contributed by atoms with E-state index in [2.05, 4.69) is 93.6 Å². The van der Waals surface area contributed by atoms with Gasteiger partial charge in [-0.25, -0.2) is 0 Å². The van der Waals surface area contributed by atoms with Crippen LogP contribution in [0.15, 0.2) is 76.9 Å². The van der Waals surface area contributed by atoms with Crippen molar-refractivity contribution in [3.05, 3.63) is 92.2 Å². The van der Waals surface area contributed by atoms with Crippen LogP contribution in [0.4, 0.5) is 5.69 Å². The molecule has 2 aromatic rings. The molecule has 0 saturated carbocycles. The molecule has 0 aliphatic heterocycles. The van der Waals surface area contributed by atoms with Crippen molar-refractivity contribution in [2.24, 2.45) is 11.3 Å². The molecule has 0 radical (unpaired) electrons. The Hall–Kier alpha value is -3.60. The minimum absolute atomic E-state index is 0.136. The largest absolute Gasteiger partial charge is 0.378 e. The van der Waals surface area contributed by atoms with E-state index >= 15 is 0 Å². The van der Waals surface area contributed by atoms with Crippen molar-refractivity contribution in [2.75, 3.05) is 19.0 Å². The van der Waals surface area contributed by atoms with Crippen LogP contribution >= 0.6 is 11.3 Å². The Balaban J connectivity index is 1.57. The van der Waals surface area contributed by atoms with E-state index in [-0.39, 0.29) is 11.0 Å². The third-order valence-corrected chi connectivity index (χ3v) is 7.81. The van der Waals surface area contributed by atoms with Crippen LogP contribution in [0.3, 0.4) is 0 Å². The second-order valence-electron chi connectivity index (χ2n) is 10.2. The first-order valence-electron chi connectivity index (χ1n) is 12.0. The van der Waals surface area contributed by atoms with Gasteiger partial charge in [-0.05, 0) is 89.3 Å². The number of nitriles is 2. The summed E-state index contributed by atoms with van der Waals surface area (Å²) in [6.45, 7) is 4.77. The third kappa shape index (κ3) is 5.91. The molecule has 3 nitrogen and oxygen atoms in total. The van der Waals surface area contributed by atoms with Gasteiger partial charge in [-0.3, -0.25) is 0 Å². The summed E-state index contributed by atoms with van der Waals surface area (Å²) in [6.07, 6.45) is 16.5. The van der Waals surface area contributed by atoms with Gasteiger partial charge in [0.05, 0.1) is 0 Å². The Morgan fingerprint density at radius 1 is 1.00 bits per heavy atom. The molecular weight excluding hydrogens is 446 g/mol. The van der Waals surface area contributed by atoms with E-state index in [0.29, 0.717) is 5.92 Å². The van der Waals surface area contributed by atoms with Gasteiger partial charge in [-0.1, -0.05) is 50.3 Å². The molecule has 1 aromatic heterocycles. The third-order valence-electron chi connectivity index (χ3n) is 6.83. The molecule has 0 fully saturated rings. The molecular formula is C31H31N3S. The van der Waals surface area contributed by atoms with Crippen molar-refractivity contribution < 1.29 is 0 Å². The summed E-state index contributed by atoms with van der Waals surface area (Å²) in [4.78, 5) is 4.19. The number of benzene rings is 1. The van der Waals surface area contributed by atoms with Gasteiger partial charge in [-0.2, -0.15) is 10.5 Å². The Morgan fingerprint density at radius 3 is 2.40 bits per heavy atom. The van der Waals surface area contributed by atoms with E-state index in [1.54, 1.807) is 17.4 Å². The highest BCUT2D eigenvalue weighted by molar-refractivity contribution is 7.13. The van der Waals surface area contributed by atoms with E-state index in [9.17, 15) is 0 Å². The van der Waals surface area contributed by atoms with Crippen LogP contribution in [0, 0.1) is 34.0 Å². The molecule has 0 saturated heterocycles. The molecule has 0 spiro atoms. The van der Waals surface area contributed by atoms with Gasteiger partial charge < -0.3 is 4.90 Å². The first-order chi connectivity index (χ1) is 16.8. The molecule has 0 N–H and O–H groups in total. The molecule has 0 amide bonds. The summed E-state index contributed by atoms with van der Waals surface area (Å²) in [6, 6.07) is 16.6. The minimum Gasteiger partial charge on any atom is -0.378 e. The fraction of sp³-hybridized carbons (Fsp3) is 0.290. The maximum Gasteiger partial charge on any atom is 0.131 e. The molecule has 35 heavy (non-hydrogen) atoms. The van der Waals surface area contributed by atoms with Crippen LogP contribution in [0.2, 0.25) is 0 Å². The number of anilines is 1. The molecule has 1 aromatic carbocycles. The highest BCUT2D eigenvalue weighted by atomic mass is 32.1. The summed E-state index contributed by atoms with van der Waals surface area (Å²) in [5.74, 6) is 0.576. The van der Waals surface area contributed by atoms with Gasteiger partial charge in [0.15, 0.2) is 0 Å². The van der Waals surface area contributed by atoms with E-state index in [1.807, 2.05) is 18.2 Å². The average Bonchev–Trinajstić information content (AvgIpc) is 3.27. The number of hydrogen-bond donors (Lipinski definition) is 0. The Kier molecular flexibility index (Phi) is 7.25. The van der Waals surface area contributed by atoms with Crippen molar-refractivity contribution in [3.8, 4) is 12.1 Å². The Bertz CT molecular complexity index is 1310. The van der Waals surface area contributed by atoms with Crippen molar-refractivity contribution in [1.82, 2.24) is 0 Å². The van der Waals surface area contributed by atoms with Crippen molar-refractivity contribution in [2.45, 2.75) is 33.1 Å². The normalized spacial score (nSPS) is 19.8. The molecule has 4 heteroatoms. The van der Waals surface area contributed by atoms with Gasteiger partial charge in [0.2, 0.25) is 0 Å². The fourth-order valence-corrected chi connectivity index (χ4v) is 5.94. The maximum atomic E-state index is 9.01. The van der Waals surface area contributed by atoms with Crippen LogP contribution in [0.25, 0.3) is 18.2 Å². The van der Waals surface area contributed by atoms with E-state index in [0.717, 1.165) is 22.6 Å². The van der Waals surface area contributed by atoms with Gasteiger partial charge in [-0.15, -0.1) is 11.3 Å². The van der Waals surface area contributed by atoms with Gasteiger partial charge in [0, 0.05) is 29.5 Å². The van der Waals surface area contributed by atoms with Crippen LogP contribution in [0.5, 0.6) is 0 Å². The lowest BCUT2D eigenvalue weighted by atomic mass is 9.63. The number of rotatable bonds is 5. The van der Waals surface area contributed by atoms with Crippen molar-refractivity contribution >= 4 is 35.3 Å². The lowest BCUT2D eigenvalue weighted by Crippen LogP contribution is -2.30. The Morgan fingerprint density at radius 2 is 1.71 bits per heavy atom. The number of allylic oxidation sites excluding steroid dienone is 7. The average molecular weight is 478 g/mol. The highest BCUT2D eigenvalue weighted by Crippen LogP contribution is 2.49. The summed E-state index contributed by atoms with van der Waals surface area (Å²) in [7, 11) is 4.12. The Labute approximate surface area is 213 Å². The quantitative estimate of drug-likeness (QED) is 0.410. The number of hydrogen-bond acceptors (Lipinski definition) is 4. The van der Waals surface area contributed by atoms with Crippen molar-refractivity contribution in [3.63, 3.8) is 0 Å². The molecule has 1 atom stereocenters. The lowest BCUT2D eigenvalue weighted by molar-refractivity contribution is 0.225. The van der Waals surface area contributed by atoms with Crippen LogP contribution in [-0.2, 0) is 0 Å². The number of fused-ring (bicyclic) bond motifs is 1. The van der Waals surface area contributed by atoms with Gasteiger partial charge >= 0.3 is 0 Å². The molecule has 176 valence electrons. The van der Waals surface area contributed by atoms with Crippen LogP contribution in [0.1, 0.15) is 48.4 Å². The topological polar surface area (TPSA) is 50.8 Å². The zero-order chi connectivity index (χ0) is 25.0. The summed E-state index contributed by atoms with van der Waals surface area (Å²) >= 11 is 1.61.